The predicted molar refractivity (Wildman–Crippen MR) is 285 cm³/mol. The lowest BCUT2D eigenvalue weighted by Crippen LogP contribution is -2.17. The molecule has 0 radical (unpaired) electrons. The summed E-state index contributed by atoms with van der Waals surface area (Å²) in [7, 11) is -3.02. The van der Waals surface area contributed by atoms with Crippen molar-refractivity contribution in [3.05, 3.63) is 97.1 Å². The maximum atomic E-state index is 5.87. The molecule has 0 aliphatic carbocycles. The minimum absolute atomic E-state index is 0.597. The Balaban J connectivity index is 0.000000371. The third kappa shape index (κ3) is 28.5. The Hall–Kier alpha value is -4.29. The molecule has 0 saturated carbocycles. The number of hydrogen-bond donors (Lipinski definition) is 0. The summed E-state index contributed by atoms with van der Waals surface area (Å²) in [5.41, 5.74) is 14.0. The molecule has 0 aliphatic heterocycles. The summed E-state index contributed by atoms with van der Waals surface area (Å²) in [4.78, 5) is 17.8. The van der Waals surface area contributed by atoms with Crippen molar-refractivity contribution in [2.75, 3.05) is 13.2 Å². The normalized spacial score (nSPS) is 10.9. The van der Waals surface area contributed by atoms with Crippen LogP contribution >= 0.6 is 0 Å². The number of hydrogen-bond acceptors (Lipinski definition) is 6. The van der Waals surface area contributed by atoms with Crippen LogP contribution in [0, 0.1) is 22.6 Å². The summed E-state index contributed by atoms with van der Waals surface area (Å²) in [5.74, 6) is 6.48. The summed E-state index contributed by atoms with van der Waals surface area (Å²) in [6.07, 6.45) is 31.0. The summed E-state index contributed by atoms with van der Waals surface area (Å²) in [6.45, 7) is 27.9. The van der Waals surface area contributed by atoms with Crippen molar-refractivity contribution in [3.63, 3.8) is 0 Å². The SMILES string of the molecule is C=CCc1cnc(-c2ccc(OCCCCCCCCCC)cc2)nc1.CCCCCCCCCCOc1ccc(-c2ncc(C#C[Si](C)(C)C)cn2)cc1.C[SiH](C)C#C[Si](C)(C)C. The van der Waals surface area contributed by atoms with Crippen molar-refractivity contribution < 1.29 is 9.47 Å². The molecule has 0 bridgehead atoms. The fraction of sp³-hybridized carbons (Fsp3) is 0.527. The maximum Gasteiger partial charge on any atom is 0.159 e. The van der Waals surface area contributed by atoms with Crippen molar-refractivity contribution in [3.8, 4) is 56.8 Å². The molecule has 0 saturated heterocycles. The third-order valence-corrected chi connectivity index (χ3v) is 12.6. The molecule has 0 N–H and O–H groups in total. The molecule has 2 aromatic carbocycles. The number of unbranched alkanes of at least 4 members (excludes halogenated alkanes) is 14. The number of ether oxygens (including phenoxy) is 2. The first-order valence-electron chi connectivity index (χ1n) is 24.5. The van der Waals surface area contributed by atoms with Gasteiger partial charge in [-0.15, -0.1) is 23.2 Å². The first-order valence-corrected chi connectivity index (χ1v) is 34.4. The highest BCUT2D eigenvalue weighted by atomic mass is 28.3. The van der Waals surface area contributed by atoms with Crippen LogP contribution in [-0.4, -0.2) is 58.1 Å². The van der Waals surface area contributed by atoms with Gasteiger partial charge >= 0.3 is 0 Å². The molecule has 0 unspecified atom stereocenters. The van der Waals surface area contributed by atoms with Crippen molar-refractivity contribution >= 4 is 24.9 Å². The highest BCUT2D eigenvalue weighted by molar-refractivity contribution is 6.85. The van der Waals surface area contributed by atoms with E-state index in [1.165, 1.54) is 89.9 Å². The van der Waals surface area contributed by atoms with Gasteiger partial charge in [-0.2, -0.15) is 0 Å². The van der Waals surface area contributed by atoms with Gasteiger partial charge in [0.05, 0.1) is 18.8 Å². The van der Waals surface area contributed by atoms with Crippen LogP contribution in [0.3, 0.4) is 0 Å². The van der Waals surface area contributed by atoms with Gasteiger partial charge in [0.15, 0.2) is 11.6 Å². The number of aromatic nitrogens is 4. The summed E-state index contributed by atoms with van der Waals surface area (Å²) in [5, 5.41) is 0. The summed E-state index contributed by atoms with van der Waals surface area (Å²) >= 11 is 0. The molecular formula is C55H84N4O2Si3. The second-order valence-corrected chi connectivity index (χ2v) is 31.2. The van der Waals surface area contributed by atoms with Gasteiger partial charge in [-0.3, -0.25) is 0 Å². The van der Waals surface area contributed by atoms with Crippen LogP contribution < -0.4 is 9.47 Å². The van der Waals surface area contributed by atoms with Crippen LogP contribution in [0.15, 0.2) is 86.0 Å². The van der Waals surface area contributed by atoms with Gasteiger partial charge in [0.25, 0.3) is 0 Å². The molecule has 2 heterocycles. The zero-order valence-electron chi connectivity index (χ0n) is 41.8. The van der Waals surface area contributed by atoms with E-state index in [1.807, 2.05) is 79.4 Å². The van der Waals surface area contributed by atoms with Gasteiger partial charge < -0.3 is 9.47 Å². The van der Waals surface area contributed by atoms with Crippen molar-refractivity contribution in [2.24, 2.45) is 0 Å². The van der Waals surface area contributed by atoms with E-state index in [0.717, 1.165) is 77.9 Å². The Morgan fingerprint density at radius 2 is 0.906 bits per heavy atom. The van der Waals surface area contributed by atoms with Gasteiger partial charge in [-0.1, -0.05) is 168 Å². The molecule has 0 spiro atoms. The quantitative estimate of drug-likeness (QED) is 0.0302. The van der Waals surface area contributed by atoms with E-state index in [9.17, 15) is 0 Å². The number of benzene rings is 2. The van der Waals surface area contributed by atoms with Crippen molar-refractivity contribution in [1.29, 1.82) is 0 Å². The monoisotopic (exact) mass is 917 g/mol. The van der Waals surface area contributed by atoms with Gasteiger partial charge in [-0.25, -0.2) is 19.9 Å². The van der Waals surface area contributed by atoms with Crippen molar-refractivity contribution in [2.45, 2.75) is 175 Å². The van der Waals surface area contributed by atoms with Gasteiger partial charge in [0, 0.05) is 35.9 Å². The molecule has 6 nitrogen and oxygen atoms in total. The minimum atomic E-state index is -1.38. The number of allylic oxidation sites excluding steroid dienone is 1. The maximum absolute atomic E-state index is 5.87. The first-order chi connectivity index (χ1) is 30.7. The van der Waals surface area contributed by atoms with E-state index in [0.29, 0.717) is 0 Å². The van der Waals surface area contributed by atoms with Gasteiger partial charge in [0.1, 0.15) is 36.4 Å². The van der Waals surface area contributed by atoms with E-state index < -0.39 is 24.9 Å². The average molecular weight is 918 g/mol. The molecule has 64 heavy (non-hydrogen) atoms. The molecule has 9 heteroatoms. The Morgan fingerprint density at radius 1 is 0.531 bits per heavy atom. The Labute approximate surface area is 395 Å². The summed E-state index contributed by atoms with van der Waals surface area (Å²) in [6, 6.07) is 16.1. The van der Waals surface area contributed by atoms with E-state index in [4.69, 9.17) is 9.47 Å². The number of rotatable bonds is 24. The Bertz CT molecular complexity index is 1930. The zero-order chi connectivity index (χ0) is 46.9. The average Bonchev–Trinajstić information content (AvgIpc) is 3.27. The molecule has 2 aromatic heterocycles. The van der Waals surface area contributed by atoms with Crippen LogP contribution in [0.2, 0.25) is 52.4 Å². The van der Waals surface area contributed by atoms with E-state index in [2.05, 4.69) is 115 Å². The highest BCUT2D eigenvalue weighted by Crippen LogP contribution is 2.21. The smallest absolute Gasteiger partial charge is 0.159 e. The van der Waals surface area contributed by atoms with Crippen molar-refractivity contribution in [1.82, 2.24) is 19.9 Å². The lowest BCUT2D eigenvalue weighted by molar-refractivity contribution is 0.304. The highest BCUT2D eigenvalue weighted by Gasteiger charge is 2.09. The van der Waals surface area contributed by atoms with Crippen LogP contribution in [0.5, 0.6) is 11.5 Å². The lowest BCUT2D eigenvalue weighted by atomic mass is 10.1. The number of nitrogens with zero attached hydrogens (tertiary/aromatic N) is 4. The van der Waals surface area contributed by atoms with Gasteiger partial charge in [0.2, 0.25) is 0 Å². The molecule has 4 rings (SSSR count). The largest absolute Gasteiger partial charge is 0.494 e. The topological polar surface area (TPSA) is 70.0 Å². The molecule has 348 valence electrons. The van der Waals surface area contributed by atoms with Crippen LogP contribution in [0.1, 0.15) is 128 Å². The molecule has 0 atom stereocenters. The third-order valence-electron chi connectivity index (χ3n) is 9.81. The predicted octanol–water partition coefficient (Wildman–Crippen LogP) is 15.2. The molecule has 0 aliphatic rings. The van der Waals surface area contributed by atoms with Crippen LogP contribution in [0.25, 0.3) is 22.8 Å². The fourth-order valence-corrected chi connectivity index (χ4v) is 9.60. The molecule has 4 aromatic rings. The summed E-state index contributed by atoms with van der Waals surface area (Å²) < 4.78 is 11.7. The van der Waals surface area contributed by atoms with E-state index >= 15 is 0 Å². The van der Waals surface area contributed by atoms with E-state index in [-0.39, 0.29) is 0 Å². The fourth-order valence-electron chi connectivity index (χ4n) is 6.19. The van der Waals surface area contributed by atoms with Crippen LogP contribution in [-0.2, 0) is 6.42 Å². The Kier molecular flexibility index (Phi) is 29.0. The van der Waals surface area contributed by atoms with E-state index in [1.54, 1.807) is 0 Å². The lowest BCUT2D eigenvalue weighted by Gasteiger charge is -2.07. The molecule has 0 amide bonds. The standard InChI is InChI=1S/C25H36N2OSi.C23H32N2O.C7H16Si2/c1-5-6-7-8-9-10-11-12-18-28-24-15-13-23(14-16-24)25-26-20-22(21-27-25)17-19-29(2,3)4;1-3-5-6-7-8-9-10-11-17-26-22-15-13-21(14-16-22)23-24-18-20(12-4-2)19-25-23;1-8(2)6-7-9(3,4)5/h13-16,20-21H,5-12,18H2,1-4H3;4,13-16,18-19H,2-3,5-12,17H2,1H3;8H,1-5H3. The second kappa shape index (κ2) is 33.2. The minimum Gasteiger partial charge on any atom is -0.494 e. The molecule has 0 fully saturated rings. The Morgan fingerprint density at radius 3 is 1.25 bits per heavy atom. The molecular weight excluding hydrogens is 833 g/mol. The first kappa shape index (κ1) is 55.8. The zero-order valence-corrected chi connectivity index (χ0v) is 45.0. The van der Waals surface area contributed by atoms with Crippen LogP contribution in [0.4, 0.5) is 0 Å². The van der Waals surface area contributed by atoms with Gasteiger partial charge in [-0.05, 0) is 73.4 Å². The second-order valence-electron chi connectivity index (χ2n) is 19.1.